The van der Waals surface area contributed by atoms with E-state index in [1.807, 2.05) is 0 Å². The zero-order valence-electron chi connectivity index (χ0n) is 14.3. The van der Waals surface area contributed by atoms with Gasteiger partial charge >= 0.3 is 5.97 Å². The summed E-state index contributed by atoms with van der Waals surface area (Å²) in [5.74, 6) is 0.0288. The van der Waals surface area contributed by atoms with Gasteiger partial charge in [-0.3, -0.25) is 9.59 Å². The molecule has 0 aliphatic carbocycles. The standard InChI is InChI=1S/C19H21NO5/c1-3-25-18(22)13-20(12-14-4-8-16(21)9-5-14)19(23)15-6-10-17(24-2)11-7-15/h4-11,21H,3,12-13H2,1-2H3. The van der Waals surface area contributed by atoms with Crippen LogP contribution in [-0.2, 0) is 16.1 Å². The van der Waals surface area contributed by atoms with E-state index in [1.54, 1.807) is 50.4 Å². The summed E-state index contributed by atoms with van der Waals surface area (Å²) in [5.41, 5.74) is 1.24. The number of esters is 1. The molecule has 0 unspecified atom stereocenters. The molecule has 0 saturated carbocycles. The number of carbonyl (C=O) groups excluding carboxylic acids is 2. The molecule has 6 heteroatoms. The van der Waals surface area contributed by atoms with Crippen LogP contribution < -0.4 is 4.74 Å². The largest absolute Gasteiger partial charge is 0.508 e. The maximum Gasteiger partial charge on any atom is 0.325 e. The molecule has 0 atom stereocenters. The predicted octanol–water partition coefficient (Wildman–Crippen LogP) is 2.61. The van der Waals surface area contributed by atoms with Gasteiger partial charge in [0.15, 0.2) is 0 Å². The van der Waals surface area contributed by atoms with E-state index >= 15 is 0 Å². The van der Waals surface area contributed by atoms with Crippen molar-refractivity contribution in [1.82, 2.24) is 4.90 Å². The Bertz CT molecular complexity index is 710. The van der Waals surface area contributed by atoms with Crippen LogP contribution in [0, 0.1) is 0 Å². The number of phenols is 1. The highest BCUT2D eigenvalue weighted by atomic mass is 16.5. The monoisotopic (exact) mass is 343 g/mol. The van der Waals surface area contributed by atoms with Crippen LogP contribution in [0.5, 0.6) is 11.5 Å². The van der Waals surface area contributed by atoms with E-state index in [0.29, 0.717) is 11.3 Å². The maximum absolute atomic E-state index is 12.8. The van der Waals surface area contributed by atoms with Gasteiger partial charge in [0.2, 0.25) is 0 Å². The minimum Gasteiger partial charge on any atom is -0.508 e. The van der Waals surface area contributed by atoms with Crippen molar-refractivity contribution < 1.29 is 24.2 Å². The first-order valence-electron chi connectivity index (χ1n) is 7.90. The topological polar surface area (TPSA) is 76.1 Å². The number of aromatic hydroxyl groups is 1. The van der Waals surface area contributed by atoms with Gasteiger partial charge in [-0.25, -0.2) is 0 Å². The third-order valence-corrected chi connectivity index (χ3v) is 3.56. The van der Waals surface area contributed by atoms with E-state index in [1.165, 1.54) is 17.0 Å². The Balaban J connectivity index is 2.20. The highest BCUT2D eigenvalue weighted by Gasteiger charge is 2.20. The molecule has 1 N–H and O–H groups in total. The van der Waals surface area contributed by atoms with Gasteiger partial charge in [0.05, 0.1) is 13.7 Å². The summed E-state index contributed by atoms with van der Waals surface area (Å²) in [6.45, 7) is 2.04. The molecule has 0 aliphatic rings. The molecule has 0 bridgehead atoms. The summed E-state index contributed by atoms with van der Waals surface area (Å²) in [4.78, 5) is 26.1. The Hall–Kier alpha value is -3.02. The molecular formula is C19H21NO5. The molecule has 2 rings (SSSR count). The van der Waals surface area contributed by atoms with Crippen LogP contribution in [-0.4, -0.2) is 42.1 Å². The lowest BCUT2D eigenvalue weighted by Gasteiger charge is -2.22. The highest BCUT2D eigenvalue weighted by Crippen LogP contribution is 2.16. The fourth-order valence-corrected chi connectivity index (χ4v) is 2.30. The molecule has 0 heterocycles. The number of ether oxygens (including phenoxy) is 2. The van der Waals surface area contributed by atoms with Crippen LogP contribution in [0.25, 0.3) is 0 Å². The van der Waals surface area contributed by atoms with E-state index in [4.69, 9.17) is 9.47 Å². The fraction of sp³-hybridized carbons (Fsp3) is 0.263. The Labute approximate surface area is 146 Å². The molecule has 1 amide bonds. The molecule has 0 aromatic heterocycles. The van der Waals surface area contributed by atoms with Crippen molar-refractivity contribution >= 4 is 11.9 Å². The molecular weight excluding hydrogens is 322 g/mol. The van der Waals surface area contributed by atoms with Crippen molar-refractivity contribution in [1.29, 1.82) is 0 Å². The summed E-state index contributed by atoms with van der Waals surface area (Å²) < 4.78 is 10.0. The zero-order chi connectivity index (χ0) is 18.2. The number of nitrogens with zero attached hydrogens (tertiary/aromatic N) is 1. The van der Waals surface area contributed by atoms with Crippen LogP contribution in [0.4, 0.5) is 0 Å². The first-order valence-corrected chi connectivity index (χ1v) is 7.90. The second-order valence-corrected chi connectivity index (χ2v) is 5.36. The SMILES string of the molecule is CCOC(=O)CN(Cc1ccc(O)cc1)C(=O)c1ccc(OC)cc1. The summed E-state index contributed by atoms with van der Waals surface area (Å²) >= 11 is 0. The molecule has 25 heavy (non-hydrogen) atoms. The predicted molar refractivity (Wildman–Crippen MR) is 92.5 cm³/mol. The van der Waals surface area contributed by atoms with Crippen LogP contribution in [0.3, 0.4) is 0 Å². The van der Waals surface area contributed by atoms with Crippen LogP contribution >= 0.6 is 0 Å². The molecule has 6 nitrogen and oxygen atoms in total. The first kappa shape index (κ1) is 18.3. The molecule has 2 aromatic rings. The second-order valence-electron chi connectivity index (χ2n) is 5.36. The van der Waals surface area contributed by atoms with Crippen LogP contribution in [0.15, 0.2) is 48.5 Å². The van der Waals surface area contributed by atoms with Crippen molar-refractivity contribution in [3.05, 3.63) is 59.7 Å². The minimum absolute atomic E-state index is 0.141. The van der Waals surface area contributed by atoms with Gasteiger partial charge in [-0.1, -0.05) is 12.1 Å². The van der Waals surface area contributed by atoms with E-state index in [9.17, 15) is 14.7 Å². The van der Waals surface area contributed by atoms with Gasteiger partial charge in [0, 0.05) is 12.1 Å². The van der Waals surface area contributed by atoms with Crippen molar-refractivity contribution in [3.63, 3.8) is 0 Å². The molecule has 0 spiro atoms. The Kier molecular flexibility index (Phi) is 6.39. The smallest absolute Gasteiger partial charge is 0.325 e. The maximum atomic E-state index is 12.8. The molecule has 0 aliphatic heterocycles. The summed E-state index contributed by atoms with van der Waals surface area (Å²) in [6.07, 6.45) is 0. The number of carbonyl (C=O) groups is 2. The first-order chi connectivity index (χ1) is 12.0. The van der Waals surface area contributed by atoms with Crippen LogP contribution in [0.2, 0.25) is 0 Å². The van der Waals surface area contributed by atoms with E-state index in [-0.39, 0.29) is 31.4 Å². The van der Waals surface area contributed by atoms with Crippen molar-refractivity contribution in [2.24, 2.45) is 0 Å². The average Bonchev–Trinajstić information content (AvgIpc) is 2.62. The van der Waals surface area contributed by atoms with Gasteiger partial charge < -0.3 is 19.5 Å². The van der Waals surface area contributed by atoms with Gasteiger partial charge in [-0.2, -0.15) is 0 Å². The number of hydrogen-bond donors (Lipinski definition) is 1. The summed E-state index contributed by atoms with van der Waals surface area (Å²) in [6, 6.07) is 13.2. The van der Waals surface area contributed by atoms with E-state index in [0.717, 1.165) is 5.56 Å². The molecule has 0 radical (unpaired) electrons. The number of amides is 1. The third-order valence-electron chi connectivity index (χ3n) is 3.56. The lowest BCUT2D eigenvalue weighted by Crippen LogP contribution is -2.36. The van der Waals surface area contributed by atoms with Crippen LogP contribution in [0.1, 0.15) is 22.8 Å². The van der Waals surface area contributed by atoms with Gasteiger partial charge in [-0.15, -0.1) is 0 Å². The zero-order valence-corrected chi connectivity index (χ0v) is 14.3. The molecule has 132 valence electrons. The Morgan fingerprint density at radius 1 is 1.04 bits per heavy atom. The quantitative estimate of drug-likeness (QED) is 0.782. The summed E-state index contributed by atoms with van der Waals surface area (Å²) in [7, 11) is 1.55. The van der Waals surface area contributed by atoms with Gasteiger partial charge in [0.25, 0.3) is 5.91 Å². The van der Waals surface area contributed by atoms with E-state index in [2.05, 4.69) is 0 Å². The lowest BCUT2D eigenvalue weighted by atomic mass is 10.1. The van der Waals surface area contributed by atoms with Gasteiger partial charge in [-0.05, 0) is 48.9 Å². The number of rotatable bonds is 7. The second kappa shape index (κ2) is 8.73. The fourth-order valence-electron chi connectivity index (χ4n) is 2.30. The lowest BCUT2D eigenvalue weighted by molar-refractivity contribution is -0.143. The van der Waals surface area contributed by atoms with Crippen molar-refractivity contribution in [2.45, 2.75) is 13.5 Å². The highest BCUT2D eigenvalue weighted by molar-refractivity contribution is 5.96. The molecule has 0 fully saturated rings. The number of benzene rings is 2. The number of hydrogen-bond acceptors (Lipinski definition) is 5. The summed E-state index contributed by atoms with van der Waals surface area (Å²) in [5, 5.41) is 9.38. The van der Waals surface area contributed by atoms with Crippen molar-refractivity contribution in [3.8, 4) is 11.5 Å². The molecule has 0 saturated heterocycles. The Morgan fingerprint density at radius 2 is 1.68 bits per heavy atom. The molecule has 2 aromatic carbocycles. The third kappa shape index (κ3) is 5.24. The van der Waals surface area contributed by atoms with Gasteiger partial charge in [0.1, 0.15) is 18.0 Å². The Morgan fingerprint density at radius 3 is 2.24 bits per heavy atom. The minimum atomic E-state index is -0.469. The normalized spacial score (nSPS) is 10.2. The van der Waals surface area contributed by atoms with E-state index < -0.39 is 5.97 Å². The number of methoxy groups -OCH3 is 1. The average molecular weight is 343 g/mol. The number of phenolic OH excluding ortho intramolecular Hbond substituents is 1. The van der Waals surface area contributed by atoms with Crippen molar-refractivity contribution in [2.75, 3.05) is 20.3 Å².